The smallest absolute Gasteiger partial charge is 0.317 e. The van der Waals surface area contributed by atoms with Gasteiger partial charge in [-0.2, -0.15) is 0 Å². The van der Waals surface area contributed by atoms with Gasteiger partial charge in [0.05, 0.1) is 6.54 Å². The average Bonchev–Trinajstić information content (AvgIpc) is 3.12. The Morgan fingerprint density at radius 2 is 2.06 bits per heavy atom. The molecule has 1 saturated carbocycles. The predicted molar refractivity (Wildman–Crippen MR) is 66.9 cm³/mol. The highest BCUT2D eigenvalue weighted by Crippen LogP contribution is 2.29. The van der Waals surface area contributed by atoms with Crippen LogP contribution in [0.1, 0.15) is 25.3 Å². The van der Waals surface area contributed by atoms with E-state index in [0.717, 1.165) is 24.8 Å². The molecule has 2 rings (SSSR count). The molecule has 4 heteroatoms. The molecule has 0 radical (unpaired) electrons. The zero-order valence-corrected chi connectivity index (χ0v) is 10.5. The summed E-state index contributed by atoms with van der Waals surface area (Å²) in [5, 5.41) is 8.92. The summed E-state index contributed by atoms with van der Waals surface area (Å²) in [6.45, 7) is 2.12. The molecule has 1 aliphatic carbocycles. The predicted octanol–water partition coefficient (Wildman–Crippen LogP) is 2.31. The average molecular weight is 251 g/mol. The van der Waals surface area contributed by atoms with Gasteiger partial charge in [0.1, 0.15) is 5.82 Å². The first-order chi connectivity index (χ1) is 8.56. The molecule has 0 aromatic heterocycles. The summed E-state index contributed by atoms with van der Waals surface area (Å²) in [7, 11) is 0. The van der Waals surface area contributed by atoms with Crippen LogP contribution in [0.5, 0.6) is 0 Å². The lowest BCUT2D eigenvalue weighted by Crippen LogP contribution is -2.40. The fourth-order valence-electron chi connectivity index (χ4n) is 2.29. The van der Waals surface area contributed by atoms with Gasteiger partial charge >= 0.3 is 5.97 Å². The number of benzene rings is 1. The Bertz CT molecular complexity index is 414. The van der Waals surface area contributed by atoms with Gasteiger partial charge in [0.15, 0.2) is 0 Å². The van der Waals surface area contributed by atoms with E-state index in [4.69, 9.17) is 5.11 Å². The number of carbonyl (C=O) groups is 1. The summed E-state index contributed by atoms with van der Waals surface area (Å²) in [6.07, 6.45) is 2.92. The van der Waals surface area contributed by atoms with Crippen molar-refractivity contribution in [2.75, 3.05) is 6.54 Å². The molecule has 0 spiro atoms. The largest absolute Gasteiger partial charge is 0.480 e. The van der Waals surface area contributed by atoms with Crippen LogP contribution in [-0.2, 0) is 11.2 Å². The molecular formula is C14H18FNO2. The Hall–Kier alpha value is -1.42. The van der Waals surface area contributed by atoms with Crippen LogP contribution in [0.2, 0.25) is 0 Å². The van der Waals surface area contributed by atoms with E-state index in [1.807, 2.05) is 11.8 Å². The van der Waals surface area contributed by atoms with E-state index in [9.17, 15) is 9.18 Å². The fraction of sp³-hybridized carbons (Fsp3) is 0.500. The summed E-state index contributed by atoms with van der Waals surface area (Å²) in [5.41, 5.74) is 1.04. The van der Waals surface area contributed by atoms with E-state index in [0.29, 0.717) is 6.04 Å². The SMILES string of the molecule is CC(Cc1ccc(F)cc1)N(CC(=O)O)C1CC1. The number of halogens is 1. The highest BCUT2D eigenvalue weighted by molar-refractivity contribution is 5.69. The van der Waals surface area contributed by atoms with Crippen molar-refractivity contribution in [3.05, 3.63) is 35.6 Å². The van der Waals surface area contributed by atoms with Crippen molar-refractivity contribution in [1.29, 1.82) is 0 Å². The highest BCUT2D eigenvalue weighted by Gasteiger charge is 2.33. The van der Waals surface area contributed by atoms with Gasteiger partial charge in [-0.05, 0) is 43.9 Å². The molecule has 3 nitrogen and oxygen atoms in total. The maximum Gasteiger partial charge on any atom is 0.317 e. The van der Waals surface area contributed by atoms with Gasteiger partial charge in [0.2, 0.25) is 0 Å². The maximum absolute atomic E-state index is 12.8. The third kappa shape index (κ3) is 3.53. The second-order valence-corrected chi connectivity index (χ2v) is 4.98. The molecule has 1 aliphatic rings. The van der Waals surface area contributed by atoms with Crippen molar-refractivity contribution < 1.29 is 14.3 Å². The van der Waals surface area contributed by atoms with Crippen LogP contribution in [0.3, 0.4) is 0 Å². The lowest BCUT2D eigenvalue weighted by atomic mass is 10.1. The standard InChI is InChI=1S/C14H18FNO2/c1-10(8-11-2-4-12(15)5-3-11)16(9-14(17)18)13-6-7-13/h2-5,10,13H,6-9H2,1H3,(H,17,18). The minimum atomic E-state index is -0.784. The molecule has 0 saturated heterocycles. The number of hydrogen-bond donors (Lipinski definition) is 1. The number of rotatable bonds is 6. The molecule has 1 aromatic carbocycles. The third-order valence-electron chi connectivity index (χ3n) is 3.34. The zero-order valence-electron chi connectivity index (χ0n) is 10.5. The highest BCUT2D eigenvalue weighted by atomic mass is 19.1. The van der Waals surface area contributed by atoms with Crippen molar-refractivity contribution >= 4 is 5.97 Å². The summed E-state index contributed by atoms with van der Waals surface area (Å²) >= 11 is 0. The molecule has 1 atom stereocenters. The summed E-state index contributed by atoms with van der Waals surface area (Å²) < 4.78 is 12.8. The third-order valence-corrected chi connectivity index (χ3v) is 3.34. The second-order valence-electron chi connectivity index (χ2n) is 4.98. The fourth-order valence-corrected chi connectivity index (χ4v) is 2.29. The molecule has 0 bridgehead atoms. The first kappa shape index (κ1) is 13.0. The van der Waals surface area contributed by atoms with E-state index in [2.05, 4.69) is 0 Å². The Balaban J connectivity index is 1.97. The molecule has 0 heterocycles. The van der Waals surface area contributed by atoms with Crippen molar-refractivity contribution in [3.63, 3.8) is 0 Å². The van der Waals surface area contributed by atoms with E-state index in [-0.39, 0.29) is 18.4 Å². The minimum Gasteiger partial charge on any atom is -0.480 e. The van der Waals surface area contributed by atoms with Gasteiger partial charge in [-0.3, -0.25) is 9.69 Å². The molecular weight excluding hydrogens is 233 g/mol. The molecule has 1 N–H and O–H groups in total. The van der Waals surface area contributed by atoms with Crippen LogP contribution < -0.4 is 0 Å². The van der Waals surface area contributed by atoms with Crippen molar-refractivity contribution in [2.24, 2.45) is 0 Å². The summed E-state index contributed by atoms with van der Waals surface area (Å²) in [6, 6.07) is 6.99. The monoisotopic (exact) mass is 251 g/mol. The summed E-state index contributed by atoms with van der Waals surface area (Å²) in [5.74, 6) is -1.02. The second kappa shape index (κ2) is 5.48. The first-order valence-corrected chi connectivity index (χ1v) is 6.28. The van der Waals surface area contributed by atoms with Crippen LogP contribution in [0.25, 0.3) is 0 Å². The first-order valence-electron chi connectivity index (χ1n) is 6.28. The Morgan fingerprint density at radius 1 is 1.44 bits per heavy atom. The van der Waals surface area contributed by atoms with E-state index < -0.39 is 5.97 Å². The van der Waals surface area contributed by atoms with Crippen LogP contribution in [0.4, 0.5) is 4.39 Å². The Kier molecular flexibility index (Phi) is 3.97. The van der Waals surface area contributed by atoms with E-state index in [1.165, 1.54) is 12.1 Å². The minimum absolute atomic E-state index is 0.0903. The zero-order chi connectivity index (χ0) is 13.1. The van der Waals surface area contributed by atoms with Gasteiger partial charge in [0, 0.05) is 12.1 Å². The number of carboxylic acids is 1. The molecule has 0 aliphatic heterocycles. The molecule has 98 valence electrons. The van der Waals surface area contributed by atoms with Crippen molar-refractivity contribution in [3.8, 4) is 0 Å². The van der Waals surface area contributed by atoms with Crippen LogP contribution >= 0.6 is 0 Å². The molecule has 1 fully saturated rings. The molecule has 0 amide bonds. The lowest BCUT2D eigenvalue weighted by Gasteiger charge is -2.27. The Labute approximate surface area is 106 Å². The van der Waals surface area contributed by atoms with Crippen molar-refractivity contribution in [1.82, 2.24) is 4.90 Å². The number of aliphatic carboxylic acids is 1. The quantitative estimate of drug-likeness (QED) is 0.843. The van der Waals surface area contributed by atoms with Gasteiger partial charge in [-0.15, -0.1) is 0 Å². The number of hydrogen-bond acceptors (Lipinski definition) is 2. The van der Waals surface area contributed by atoms with Crippen LogP contribution in [-0.4, -0.2) is 34.6 Å². The normalized spacial score (nSPS) is 16.8. The molecule has 1 unspecified atom stereocenters. The van der Waals surface area contributed by atoms with E-state index >= 15 is 0 Å². The van der Waals surface area contributed by atoms with Crippen LogP contribution in [0.15, 0.2) is 24.3 Å². The lowest BCUT2D eigenvalue weighted by molar-refractivity contribution is -0.139. The molecule has 18 heavy (non-hydrogen) atoms. The van der Waals surface area contributed by atoms with Crippen LogP contribution in [0, 0.1) is 5.82 Å². The van der Waals surface area contributed by atoms with Gasteiger partial charge < -0.3 is 5.11 Å². The summed E-state index contributed by atoms with van der Waals surface area (Å²) in [4.78, 5) is 12.9. The maximum atomic E-state index is 12.8. The topological polar surface area (TPSA) is 40.5 Å². The Morgan fingerprint density at radius 3 is 2.56 bits per heavy atom. The number of nitrogens with zero attached hydrogens (tertiary/aromatic N) is 1. The van der Waals surface area contributed by atoms with Gasteiger partial charge in [0.25, 0.3) is 0 Å². The number of carboxylic acid groups (broad SMARTS) is 1. The van der Waals surface area contributed by atoms with E-state index in [1.54, 1.807) is 12.1 Å². The van der Waals surface area contributed by atoms with Gasteiger partial charge in [-0.25, -0.2) is 4.39 Å². The van der Waals surface area contributed by atoms with Crippen molar-refractivity contribution in [2.45, 2.75) is 38.3 Å². The van der Waals surface area contributed by atoms with Gasteiger partial charge in [-0.1, -0.05) is 12.1 Å². The molecule has 1 aromatic rings.